The number of hydrogen-bond donors (Lipinski definition) is 3. The molecular weight excluding hydrogens is 791 g/mol. The van der Waals surface area contributed by atoms with Crippen LogP contribution in [0.2, 0.25) is 0 Å². The first-order valence-electron chi connectivity index (χ1n) is 27.2. The zero-order valence-electron chi connectivity index (χ0n) is 42.1. The summed E-state index contributed by atoms with van der Waals surface area (Å²) in [5.41, 5.74) is 0. The first kappa shape index (κ1) is 61.3. The molecule has 370 valence electrons. The molecule has 6 nitrogen and oxygen atoms in total. The molecule has 0 aromatic carbocycles. The molecule has 6 heteroatoms. The van der Waals surface area contributed by atoms with Crippen LogP contribution in [-0.2, 0) is 14.3 Å². The highest BCUT2D eigenvalue weighted by molar-refractivity contribution is 5.77. The van der Waals surface area contributed by atoms with Crippen LogP contribution in [0, 0.1) is 0 Å². The Hall–Kier alpha value is -2.70. The monoisotopic (exact) mass is 894 g/mol. The largest absolute Gasteiger partial charge is 0.461 e. The van der Waals surface area contributed by atoms with E-state index < -0.39 is 18.2 Å². The van der Waals surface area contributed by atoms with Crippen molar-refractivity contribution in [1.82, 2.24) is 5.32 Å². The summed E-state index contributed by atoms with van der Waals surface area (Å²) in [7, 11) is 0. The van der Waals surface area contributed by atoms with Crippen molar-refractivity contribution < 1.29 is 24.5 Å². The molecule has 0 aromatic heterocycles. The lowest BCUT2D eigenvalue weighted by molar-refractivity contribution is -0.150. The van der Waals surface area contributed by atoms with Crippen LogP contribution >= 0.6 is 0 Å². The van der Waals surface area contributed by atoms with Crippen LogP contribution in [0.3, 0.4) is 0 Å². The average molecular weight is 894 g/mol. The van der Waals surface area contributed by atoms with Crippen LogP contribution in [0.1, 0.15) is 258 Å². The Morgan fingerprint density at radius 2 is 0.875 bits per heavy atom. The van der Waals surface area contributed by atoms with Crippen molar-refractivity contribution in [1.29, 1.82) is 0 Å². The lowest BCUT2D eigenvalue weighted by Crippen LogP contribution is -2.46. The van der Waals surface area contributed by atoms with Gasteiger partial charge in [-0.3, -0.25) is 9.59 Å². The molecule has 0 aliphatic rings. The molecule has 64 heavy (non-hydrogen) atoms. The predicted octanol–water partition coefficient (Wildman–Crippen LogP) is 16.6. The van der Waals surface area contributed by atoms with E-state index in [4.69, 9.17) is 4.74 Å². The third-order valence-electron chi connectivity index (χ3n) is 12.1. The SMILES string of the molecule is CC/C=C/C=C/C=C\C=C/C=C/CC(CC(=O)NC(CO)C(O)CCCCCCCCCCCCCCCCCCC)OC(=O)CCCCCCCCC/C=C/CCCCCCCC. The third kappa shape index (κ3) is 45.9. The zero-order valence-corrected chi connectivity index (χ0v) is 42.1. The van der Waals surface area contributed by atoms with Crippen LogP contribution in [-0.4, -0.2) is 46.9 Å². The number of amides is 1. The van der Waals surface area contributed by atoms with Gasteiger partial charge in [-0.1, -0.05) is 267 Å². The van der Waals surface area contributed by atoms with Crippen molar-refractivity contribution in [2.75, 3.05) is 6.61 Å². The number of carbonyl (C=O) groups is 2. The minimum atomic E-state index is -0.821. The highest BCUT2D eigenvalue weighted by Gasteiger charge is 2.23. The Morgan fingerprint density at radius 3 is 1.31 bits per heavy atom. The van der Waals surface area contributed by atoms with Gasteiger partial charge in [-0.15, -0.1) is 0 Å². The first-order chi connectivity index (χ1) is 31.5. The van der Waals surface area contributed by atoms with E-state index in [1.807, 2.05) is 54.7 Å². The smallest absolute Gasteiger partial charge is 0.306 e. The second-order valence-corrected chi connectivity index (χ2v) is 18.4. The summed E-state index contributed by atoms with van der Waals surface area (Å²) in [6.45, 7) is 6.31. The van der Waals surface area contributed by atoms with Crippen molar-refractivity contribution in [2.45, 2.75) is 277 Å². The fourth-order valence-corrected chi connectivity index (χ4v) is 8.04. The minimum Gasteiger partial charge on any atom is -0.461 e. The molecule has 0 heterocycles. The maximum atomic E-state index is 13.2. The molecule has 0 aromatic rings. The predicted molar refractivity (Wildman–Crippen MR) is 278 cm³/mol. The van der Waals surface area contributed by atoms with Gasteiger partial charge in [0.2, 0.25) is 5.91 Å². The number of hydrogen-bond acceptors (Lipinski definition) is 5. The van der Waals surface area contributed by atoms with Crippen molar-refractivity contribution in [3.63, 3.8) is 0 Å². The highest BCUT2D eigenvalue weighted by Crippen LogP contribution is 2.17. The van der Waals surface area contributed by atoms with Crippen molar-refractivity contribution >= 4 is 11.9 Å². The zero-order chi connectivity index (χ0) is 46.7. The van der Waals surface area contributed by atoms with E-state index in [0.717, 1.165) is 44.9 Å². The molecule has 0 bridgehead atoms. The van der Waals surface area contributed by atoms with E-state index >= 15 is 0 Å². The topological polar surface area (TPSA) is 95.9 Å². The Bertz CT molecular complexity index is 1190. The molecule has 0 spiro atoms. The van der Waals surface area contributed by atoms with Crippen LogP contribution in [0.5, 0.6) is 0 Å². The molecule has 0 saturated heterocycles. The molecule has 1 amide bonds. The fraction of sp³-hybridized carbons (Fsp3) is 0.759. The molecular formula is C58H103NO5. The van der Waals surface area contributed by atoms with E-state index in [1.165, 1.54) is 167 Å². The van der Waals surface area contributed by atoms with Gasteiger partial charge in [0.15, 0.2) is 0 Å². The molecule has 3 atom stereocenters. The molecule has 0 fully saturated rings. The number of esters is 1. The van der Waals surface area contributed by atoms with E-state index in [1.54, 1.807) is 0 Å². The summed E-state index contributed by atoms with van der Waals surface area (Å²) in [5.74, 6) is -0.610. The molecule has 0 rings (SSSR count). The van der Waals surface area contributed by atoms with Gasteiger partial charge in [0.1, 0.15) is 6.10 Å². The summed E-state index contributed by atoms with van der Waals surface area (Å²) < 4.78 is 5.85. The van der Waals surface area contributed by atoms with E-state index in [-0.39, 0.29) is 24.9 Å². The maximum absolute atomic E-state index is 13.2. The second-order valence-electron chi connectivity index (χ2n) is 18.4. The Kier molecular flexibility index (Phi) is 49.1. The maximum Gasteiger partial charge on any atom is 0.306 e. The Morgan fingerprint density at radius 1 is 0.484 bits per heavy atom. The summed E-state index contributed by atoms with van der Waals surface area (Å²) in [6.07, 6.45) is 65.7. The number of aliphatic hydroxyl groups excluding tert-OH is 2. The summed E-state index contributed by atoms with van der Waals surface area (Å²) in [4.78, 5) is 26.1. The van der Waals surface area contributed by atoms with Gasteiger partial charge in [0, 0.05) is 12.8 Å². The van der Waals surface area contributed by atoms with Crippen molar-refractivity contribution in [3.8, 4) is 0 Å². The van der Waals surface area contributed by atoms with E-state index in [9.17, 15) is 19.8 Å². The average Bonchev–Trinajstić information content (AvgIpc) is 3.29. The highest BCUT2D eigenvalue weighted by atomic mass is 16.5. The Balaban J connectivity index is 4.56. The summed E-state index contributed by atoms with van der Waals surface area (Å²) >= 11 is 0. The number of nitrogens with one attached hydrogen (secondary N) is 1. The molecule has 0 radical (unpaired) electrons. The number of rotatable bonds is 48. The van der Waals surface area contributed by atoms with E-state index in [0.29, 0.717) is 19.3 Å². The molecule has 0 saturated carbocycles. The van der Waals surface area contributed by atoms with Crippen LogP contribution < -0.4 is 5.32 Å². The van der Waals surface area contributed by atoms with Gasteiger partial charge >= 0.3 is 5.97 Å². The van der Waals surface area contributed by atoms with Gasteiger partial charge in [-0.2, -0.15) is 0 Å². The lowest BCUT2D eigenvalue weighted by atomic mass is 10.0. The lowest BCUT2D eigenvalue weighted by Gasteiger charge is -2.24. The number of aliphatic hydroxyl groups is 2. The normalized spacial score (nSPS) is 13.8. The van der Waals surface area contributed by atoms with Crippen molar-refractivity contribution in [2.24, 2.45) is 0 Å². The van der Waals surface area contributed by atoms with Crippen LogP contribution in [0.4, 0.5) is 0 Å². The Labute approximate surface area is 396 Å². The number of unbranched alkanes of at least 4 members (excludes halogenated alkanes) is 29. The number of allylic oxidation sites excluding steroid dienone is 11. The molecule has 3 unspecified atom stereocenters. The molecule has 0 aliphatic carbocycles. The molecule has 0 aliphatic heterocycles. The standard InChI is InChI=1S/C58H103NO5/c1-4-7-10-13-16-19-22-24-26-28-30-32-35-38-41-44-47-50-56(61)55(53-60)59-57(62)52-54(49-46-43-40-37-34-21-18-15-12-9-6-3)64-58(63)51-48-45-42-39-36-33-31-29-27-25-23-20-17-14-11-8-5-2/h9,12,15,18,21,25,27,34,37,40,43,46,54-56,60-61H,4-8,10-11,13-14,16-17,19-20,22-24,26,28-33,35-36,38-39,41-42,44-45,47-53H2,1-3H3,(H,59,62)/b12-9+,18-15+,27-25+,34-21-,40-37-,46-43+. The minimum absolute atomic E-state index is 0.0215. The van der Waals surface area contributed by atoms with Gasteiger partial charge in [0.05, 0.1) is 25.2 Å². The first-order valence-corrected chi connectivity index (χ1v) is 27.2. The van der Waals surface area contributed by atoms with Gasteiger partial charge in [-0.05, 0) is 44.9 Å². The number of carbonyl (C=O) groups excluding carboxylic acids is 2. The van der Waals surface area contributed by atoms with E-state index in [2.05, 4.69) is 44.3 Å². The van der Waals surface area contributed by atoms with Crippen molar-refractivity contribution in [3.05, 3.63) is 72.9 Å². The number of ether oxygens (including phenoxy) is 1. The van der Waals surface area contributed by atoms with Crippen LogP contribution in [0.15, 0.2) is 72.9 Å². The van der Waals surface area contributed by atoms with Gasteiger partial charge in [0.25, 0.3) is 0 Å². The quantitative estimate of drug-likeness (QED) is 0.0245. The summed E-state index contributed by atoms with van der Waals surface area (Å²) in [6, 6.07) is -0.743. The molecule has 3 N–H and O–H groups in total. The van der Waals surface area contributed by atoms with Gasteiger partial charge < -0.3 is 20.3 Å². The van der Waals surface area contributed by atoms with Crippen LogP contribution in [0.25, 0.3) is 0 Å². The fourth-order valence-electron chi connectivity index (χ4n) is 8.04. The second kappa shape index (κ2) is 51.3. The third-order valence-corrected chi connectivity index (χ3v) is 12.1. The summed E-state index contributed by atoms with van der Waals surface area (Å²) in [5, 5.41) is 23.8. The van der Waals surface area contributed by atoms with Gasteiger partial charge in [-0.25, -0.2) is 0 Å².